The van der Waals surface area contributed by atoms with Gasteiger partial charge in [-0.25, -0.2) is 4.79 Å². The zero-order chi connectivity index (χ0) is 21.0. The van der Waals surface area contributed by atoms with E-state index in [1.54, 1.807) is 44.7 Å². The number of methoxy groups -OCH3 is 1. The van der Waals surface area contributed by atoms with Crippen LogP contribution < -0.4 is 4.74 Å². The van der Waals surface area contributed by atoms with Crippen molar-refractivity contribution < 1.29 is 19.1 Å². The van der Waals surface area contributed by atoms with Crippen molar-refractivity contribution in [3.05, 3.63) is 46.8 Å². The van der Waals surface area contributed by atoms with Gasteiger partial charge in [0.1, 0.15) is 5.75 Å². The molecule has 2 aromatic heterocycles. The van der Waals surface area contributed by atoms with E-state index < -0.39 is 5.97 Å². The summed E-state index contributed by atoms with van der Waals surface area (Å²) in [5.74, 6) is 0.0760. The number of ketones is 1. The molecule has 1 aromatic carbocycles. The van der Waals surface area contributed by atoms with Crippen LogP contribution in [0.3, 0.4) is 0 Å². The zero-order valence-electron chi connectivity index (χ0n) is 16.6. The van der Waals surface area contributed by atoms with E-state index in [1.807, 2.05) is 12.1 Å². The second-order valence-corrected chi connectivity index (χ2v) is 7.07. The fourth-order valence-corrected chi connectivity index (χ4v) is 3.71. The average molecular weight is 415 g/mol. The van der Waals surface area contributed by atoms with Crippen LogP contribution >= 0.6 is 11.8 Å². The lowest BCUT2D eigenvalue weighted by Gasteiger charge is -2.07. The second-order valence-electron chi connectivity index (χ2n) is 6.13. The van der Waals surface area contributed by atoms with Crippen LogP contribution in [-0.4, -0.2) is 56.4 Å². The van der Waals surface area contributed by atoms with Crippen molar-refractivity contribution in [3.63, 3.8) is 0 Å². The van der Waals surface area contributed by atoms with Gasteiger partial charge in [0.2, 0.25) is 5.16 Å². The highest BCUT2D eigenvalue weighted by Gasteiger charge is 2.25. The van der Waals surface area contributed by atoms with Crippen molar-refractivity contribution in [2.45, 2.75) is 25.9 Å². The monoisotopic (exact) mass is 415 g/mol. The van der Waals surface area contributed by atoms with Crippen molar-refractivity contribution in [2.75, 3.05) is 19.5 Å². The van der Waals surface area contributed by atoms with E-state index in [1.165, 1.54) is 11.8 Å². The van der Waals surface area contributed by atoms with Crippen LogP contribution in [0.2, 0.25) is 0 Å². The third-order valence-corrected chi connectivity index (χ3v) is 5.14. The molecule has 0 aliphatic heterocycles. The summed E-state index contributed by atoms with van der Waals surface area (Å²) in [5.41, 5.74) is 2.61. The molecule has 29 heavy (non-hydrogen) atoms. The van der Waals surface area contributed by atoms with E-state index in [-0.39, 0.29) is 23.7 Å². The largest absolute Gasteiger partial charge is 0.497 e. The number of aryl methyl sites for hydroxylation is 2. The summed E-state index contributed by atoms with van der Waals surface area (Å²) < 4.78 is 11.8. The summed E-state index contributed by atoms with van der Waals surface area (Å²) in [6.45, 7) is 5.47. The standard InChI is InChI=1S/C19H21N5O4S/c1-5-28-18(26)17-12(3)20-11(2)16(17)15(25)10-29-19-21-22-23-24(19)13-6-8-14(27-4)9-7-13/h6-9,20H,5,10H2,1-4H3. The maximum Gasteiger partial charge on any atom is 0.340 e. The Morgan fingerprint density at radius 3 is 2.48 bits per heavy atom. The minimum Gasteiger partial charge on any atom is -0.497 e. The Kier molecular flexibility index (Phi) is 6.32. The van der Waals surface area contributed by atoms with Gasteiger partial charge in [-0.05, 0) is 55.5 Å². The number of hydrogen-bond donors (Lipinski definition) is 1. The lowest BCUT2D eigenvalue weighted by Crippen LogP contribution is -2.13. The number of aromatic amines is 1. The first-order valence-corrected chi connectivity index (χ1v) is 9.89. The Balaban J connectivity index is 1.79. The van der Waals surface area contributed by atoms with E-state index >= 15 is 0 Å². The number of H-pyrrole nitrogens is 1. The van der Waals surface area contributed by atoms with Gasteiger partial charge in [0.25, 0.3) is 0 Å². The zero-order valence-corrected chi connectivity index (χ0v) is 17.4. The number of carbonyl (C=O) groups excluding carboxylic acids is 2. The van der Waals surface area contributed by atoms with E-state index in [4.69, 9.17) is 9.47 Å². The highest BCUT2D eigenvalue weighted by atomic mass is 32.2. The predicted octanol–water partition coefficient (Wildman–Crippen LogP) is 2.77. The van der Waals surface area contributed by atoms with Crippen molar-refractivity contribution in [1.82, 2.24) is 25.2 Å². The summed E-state index contributed by atoms with van der Waals surface area (Å²) in [4.78, 5) is 28.2. The van der Waals surface area contributed by atoms with Gasteiger partial charge < -0.3 is 14.5 Å². The summed E-state index contributed by atoms with van der Waals surface area (Å²) in [7, 11) is 1.59. The first-order valence-electron chi connectivity index (χ1n) is 8.91. The summed E-state index contributed by atoms with van der Waals surface area (Å²) in [6.07, 6.45) is 0. The molecule has 3 aromatic rings. The molecule has 3 rings (SSSR count). The Hall–Kier alpha value is -3.14. The number of aromatic nitrogens is 5. The van der Waals surface area contributed by atoms with Gasteiger partial charge in [-0.3, -0.25) is 4.79 Å². The van der Waals surface area contributed by atoms with Crippen LogP contribution in [0.1, 0.15) is 39.0 Å². The molecule has 0 saturated heterocycles. The number of thioether (sulfide) groups is 1. The van der Waals surface area contributed by atoms with Gasteiger partial charge >= 0.3 is 5.97 Å². The van der Waals surface area contributed by atoms with E-state index in [0.29, 0.717) is 22.1 Å². The number of tetrazole rings is 1. The molecule has 1 N–H and O–H groups in total. The number of Topliss-reactive ketones (excluding diaryl/α,β-unsaturated/α-hetero) is 1. The van der Waals surface area contributed by atoms with Gasteiger partial charge in [-0.1, -0.05) is 11.8 Å². The van der Waals surface area contributed by atoms with Crippen LogP contribution in [0.5, 0.6) is 5.75 Å². The smallest absolute Gasteiger partial charge is 0.340 e. The number of esters is 1. The number of nitrogens with one attached hydrogen (secondary N) is 1. The lowest BCUT2D eigenvalue weighted by atomic mass is 10.1. The molecule has 0 amide bonds. The molecule has 9 nitrogen and oxygen atoms in total. The van der Waals surface area contributed by atoms with Crippen molar-refractivity contribution >= 4 is 23.5 Å². The van der Waals surface area contributed by atoms with Gasteiger partial charge in [0.05, 0.1) is 36.3 Å². The SMILES string of the molecule is CCOC(=O)c1c(C)[nH]c(C)c1C(=O)CSc1nnnn1-c1ccc(OC)cc1. The molecule has 0 radical (unpaired) electrons. The quantitative estimate of drug-likeness (QED) is 0.340. The maximum atomic E-state index is 12.9. The van der Waals surface area contributed by atoms with Crippen LogP contribution in [0.4, 0.5) is 0 Å². The normalized spacial score (nSPS) is 10.8. The fraction of sp³-hybridized carbons (Fsp3) is 0.316. The third-order valence-electron chi connectivity index (χ3n) is 4.22. The number of ether oxygens (including phenoxy) is 2. The van der Waals surface area contributed by atoms with E-state index in [0.717, 1.165) is 11.4 Å². The van der Waals surface area contributed by atoms with E-state index in [9.17, 15) is 9.59 Å². The topological polar surface area (TPSA) is 112 Å². The van der Waals surface area contributed by atoms with Gasteiger partial charge in [0, 0.05) is 11.4 Å². The lowest BCUT2D eigenvalue weighted by molar-refractivity contribution is 0.0522. The van der Waals surface area contributed by atoms with Gasteiger partial charge in [0.15, 0.2) is 5.78 Å². The summed E-state index contributed by atoms with van der Waals surface area (Å²) in [5, 5.41) is 12.2. The fourth-order valence-electron chi connectivity index (χ4n) is 2.94. The Morgan fingerprint density at radius 1 is 1.14 bits per heavy atom. The van der Waals surface area contributed by atoms with Crippen LogP contribution in [0.15, 0.2) is 29.4 Å². The summed E-state index contributed by atoms with van der Waals surface area (Å²) in [6, 6.07) is 7.24. The molecule has 152 valence electrons. The van der Waals surface area contributed by atoms with Crippen molar-refractivity contribution in [2.24, 2.45) is 0 Å². The average Bonchev–Trinajstić information content (AvgIpc) is 3.30. The highest BCUT2D eigenvalue weighted by Crippen LogP contribution is 2.25. The Bertz CT molecular complexity index is 1030. The minimum absolute atomic E-state index is 0.0705. The molecule has 0 spiro atoms. The molecule has 10 heteroatoms. The first-order chi connectivity index (χ1) is 14.0. The van der Waals surface area contributed by atoms with Crippen LogP contribution in [0.25, 0.3) is 5.69 Å². The van der Waals surface area contributed by atoms with Gasteiger partial charge in [-0.15, -0.1) is 5.10 Å². The number of hydrogen-bond acceptors (Lipinski definition) is 8. The molecule has 0 aliphatic rings. The predicted molar refractivity (Wildman–Crippen MR) is 107 cm³/mol. The molecule has 0 fully saturated rings. The van der Waals surface area contributed by atoms with Gasteiger partial charge in [-0.2, -0.15) is 4.68 Å². The number of carbonyl (C=O) groups is 2. The first kappa shape index (κ1) is 20.6. The third kappa shape index (κ3) is 4.32. The van der Waals surface area contributed by atoms with Crippen LogP contribution in [-0.2, 0) is 4.74 Å². The maximum absolute atomic E-state index is 12.9. The summed E-state index contributed by atoms with van der Waals surface area (Å²) >= 11 is 1.19. The van der Waals surface area contributed by atoms with E-state index in [2.05, 4.69) is 20.5 Å². The minimum atomic E-state index is -0.509. The number of benzene rings is 1. The Morgan fingerprint density at radius 2 is 1.83 bits per heavy atom. The second kappa shape index (κ2) is 8.91. The highest BCUT2D eigenvalue weighted by molar-refractivity contribution is 7.99. The molecule has 2 heterocycles. The molecular formula is C19H21N5O4S. The molecule has 0 atom stereocenters. The molecular weight excluding hydrogens is 394 g/mol. The molecule has 0 unspecified atom stereocenters. The van der Waals surface area contributed by atoms with Crippen molar-refractivity contribution in [1.29, 1.82) is 0 Å². The molecule has 0 bridgehead atoms. The Labute approximate surface area is 171 Å². The number of rotatable bonds is 8. The van der Waals surface area contributed by atoms with Crippen molar-refractivity contribution in [3.8, 4) is 11.4 Å². The van der Waals surface area contributed by atoms with Crippen LogP contribution in [0, 0.1) is 13.8 Å². The molecule has 0 aliphatic carbocycles. The molecule has 0 saturated carbocycles. The number of nitrogens with zero attached hydrogens (tertiary/aromatic N) is 4.